The summed E-state index contributed by atoms with van der Waals surface area (Å²) in [5.41, 5.74) is 4.68. The van der Waals surface area contributed by atoms with E-state index in [9.17, 15) is 0 Å². The molecule has 0 fully saturated rings. The van der Waals surface area contributed by atoms with E-state index >= 15 is 0 Å². The van der Waals surface area contributed by atoms with E-state index in [0.717, 1.165) is 36.1 Å². The third-order valence-corrected chi connectivity index (χ3v) is 6.38. The average molecular weight is 396 g/mol. The molecular weight excluding hydrogens is 364 g/mol. The maximum Gasteiger partial charge on any atom is 0.139 e. The van der Waals surface area contributed by atoms with Crippen LogP contribution in [0.4, 0.5) is 0 Å². The predicted molar refractivity (Wildman–Crippen MR) is 118 cm³/mol. The van der Waals surface area contributed by atoms with Crippen LogP contribution in [0.15, 0.2) is 60.8 Å². The van der Waals surface area contributed by atoms with E-state index in [0.29, 0.717) is 6.73 Å². The van der Waals surface area contributed by atoms with E-state index in [4.69, 9.17) is 10.8 Å². The van der Waals surface area contributed by atoms with Crippen LogP contribution in [-0.2, 0) is 17.9 Å². The summed E-state index contributed by atoms with van der Waals surface area (Å²) in [6, 6.07) is 19.7. The molecule has 1 aromatic heterocycles. The highest BCUT2D eigenvalue weighted by Gasteiger charge is 2.12. The van der Waals surface area contributed by atoms with Crippen molar-refractivity contribution in [1.29, 1.82) is 0 Å². The van der Waals surface area contributed by atoms with Crippen LogP contribution < -0.4 is 4.74 Å². The van der Waals surface area contributed by atoms with E-state index < -0.39 is 8.07 Å². The molecule has 4 nitrogen and oxygen atoms in total. The molecule has 3 rings (SSSR count). The van der Waals surface area contributed by atoms with Crippen LogP contribution in [0.25, 0.3) is 11.3 Å². The molecule has 0 atom stereocenters. The highest BCUT2D eigenvalue weighted by Crippen LogP contribution is 2.21. The van der Waals surface area contributed by atoms with Crippen molar-refractivity contribution in [3.8, 4) is 17.0 Å². The van der Waals surface area contributed by atoms with Crippen LogP contribution in [0.1, 0.15) is 12.5 Å². The second-order valence-corrected chi connectivity index (χ2v) is 13.8. The fourth-order valence-corrected chi connectivity index (χ4v) is 3.70. The Bertz CT molecular complexity index is 886. The number of hydrogen-bond donors (Lipinski definition) is 0. The first-order valence-corrected chi connectivity index (χ1v) is 13.4. The van der Waals surface area contributed by atoms with E-state index in [1.165, 1.54) is 11.1 Å². The van der Waals surface area contributed by atoms with E-state index in [1.54, 1.807) is 0 Å². The Labute approximate surface area is 170 Å². The van der Waals surface area contributed by atoms with Crippen molar-refractivity contribution < 1.29 is 10.8 Å². The lowest BCUT2D eigenvalue weighted by atomic mass is 10.0. The molecule has 0 radical (unpaired) electrons. The third-order valence-electron chi connectivity index (χ3n) is 4.67. The number of benzene rings is 2. The van der Waals surface area contributed by atoms with E-state index in [1.807, 2.05) is 41.2 Å². The first-order chi connectivity index (χ1) is 13.9. The lowest BCUT2D eigenvalue weighted by Crippen LogP contribution is -2.22. The van der Waals surface area contributed by atoms with Crippen LogP contribution in [0.3, 0.4) is 0 Å². The monoisotopic (exact) mass is 395 g/mol. The summed E-state index contributed by atoms with van der Waals surface area (Å²) >= 11 is 0. The molecule has 0 saturated heterocycles. The third kappa shape index (κ3) is 5.81. The molecule has 3 aromatic rings. The molecule has 28 heavy (non-hydrogen) atoms. The van der Waals surface area contributed by atoms with Crippen molar-refractivity contribution in [2.45, 2.75) is 38.8 Å². The standard InChI is InChI=1S/C23H30N2O2Si/c1-26-22-11-7-20(8-12-22)17-19-5-9-21(10-6-19)23-13-14-24-25(23)18-27-15-16-28(2,3)4/h5-14H,15-18H2,1-4H3/i1D. The first kappa shape index (κ1) is 19.0. The molecule has 0 unspecified atom stereocenters. The molecule has 0 amide bonds. The van der Waals surface area contributed by atoms with Crippen molar-refractivity contribution in [1.82, 2.24) is 9.78 Å². The van der Waals surface area contributed by atoms with E-state index in [-0.39, 0.29) is 7.09 Å². The van der Waals surface area contributed by atoms with Crippen molar-refractivity contribution in [2.24, 2.45) is 0 Å². The van der Waals surface area contributed by atoms with Gasteiger partial charge in [0.25, 0.3) is 0 Å². The number of rotatable bonds is 9. The Hall–Kier alpha value is -2.37. The first-order valence-electron chi connectivity index (χ1n) is 10.4. The van der Waals surface area contributed by atoms with Crippen molar-refractivity contribution in [3.05, 3.63) is 71.9 Å². The van der Waals surface area contributed by atoms with Gasteiger partial charge >= 0.3 is 0 Å². The number of hydrogen-bond acceptors (Lipinski definition) is 3. The molecule has 0 spiro atoms. The summed E-state index contributed by atoms with van der Waals surface area (Å²) in [6.07, 6.45) is 2.69. The number of nitrogens with zero attached hydrogens (tertiary/aromatic N) is 2. The fourth-order valence-electron chi connectivity index (χ4n) is 2.94. The van der Waals surface area contributed by atoms with Crippen molar-refractivity contribution in [2.75, 3.05) is 13.7 Å². The Balaban J connectivity index is 1.59. The molecule has 0 bridgehead atoms. The zero-order chi connectivity index (χ0) is 20.7. The highest BCUT2D eigenvalue weighted by molar-refractivity contribution is 6.76. The molecular formula is C23H30N2O2Si. The Morgan fingerprint density at radius 1 is 0.964 bits per heavy atom. The van der Waals surface area contributed by atoms with Crippen LogP contribution >= 0.6 is 0 Å². The zero-order valence-electron chi connectivity index (χ0n) is 18.0. The van der Waals surface area contributed by atoms with Crippen LogP contribution in [-0.4, -0.2) is 31.5 Å². The number of methoxy groups -OCH3 is 1. The molecule has 1 heterocycles. The van der Waals surface area contributed by atoms with Gasteiger partial charge in [0.05, 0.1) is 14.2 Å². The van der Waals surface area contributed by atoms with Gasteiger partial charge in [-0.05, 0) is 47.4 Å². The molecule has 0 saturated carbocycles. The summed E-state index contributed by atoms with van der Waals surface area (Å²) in [6.45, 7) is 8.35. The predicted octanol–water partition coefficient (Wildman–Crippen LogP) is 5.46. The zero-order valence-corrected chi connectivity index (χ0v) is 18.0. The van der Waals surface area contributed by atoms with Crippen molar-refractivity contribution in [3.63, 3.8) is 0 Å². The SMILES string of the molecule is [2H]COc1ccc(Cc2ccc(-c3ccnn3COCC[Si](C)(C)C)cc2)cc1. The summed E-state index contributed by atoms with van der Waals surface area (Å²) in [4.78, 5) is 0. The van der Waals surface area contributed by atoms with Crippen LogP contribution in [0.5, 0.6) is 5.75 Å². The minimum Gasteiger partial charge on any atom is -0.497 e. The van der Waals surface area contributed by atoms with Crippen LogP contribution in [0.2, 0.25) is 25.7 Å². The largest absolute Gasteiger partial charge is 0.497 e. The molecule has 2 aromatic carbocycles. The lowest BCUT2D eigenvalue weighted by molar-refractivity contribution is 0.0798. The molecule has 0 aliphatic carbocycles. The summed E-state index contributed by atoms with van der Waals surface area (Å²) in [5.74, 6) is 0.736. The molecule has 5 heteroatoms. The van der Waals surface area contributed by atoms with Gasteiger partial charge < -0.3 is 9.47 Å². The van der Waals surface area contributed by atoms with Gasteiger partial charge in [0, 0.05) is 20.9 Å². The van der Waals surface area contributed by atoms with Gasteiger partial charge in [-0.3, -0.25) is 0 Å². The minimum atomic E-state index is -1.07. The second-order valence-electron chi connectivity index (χ2n) is 8.23. The maximum atomic E-state index is 7.10. The van der Waals surface area contributed by atoms with Gasteiger partial charge in [-0.1, -0.05) is 56.0 Å². The fraction of sp³-hybridized carbons (Fsp3) is 0.348. The summed E-state index contributed by atoms with van der Waals surface area (Å²) in [7, 11) is -1.13. The Morgan fingerprint density at radius 3 is 2.29 bits per heavy atom. The second kappa shape index (κ2) is 9.21. The summed E-state index contributed by atoms with van der Waals surface area (Å²) in [5, 5.41) is 4.42. The molecule has 0 aliphatic rings. The lowest BCUT2D eigenvalue weighted by Gasteiger charge is -2.16. The molecule has 0 aliphatic heterocycles. The quantitative estimate of drug-likeness (QED) is 0.356. The van der Waals surface area contributed by atoms with Crippen molar-refractivity contribution >= 4 is 8.07 Å². The normalized spacial score (nSPS) is 12.0. The van der Waals surface area contributed by atoms with Crippen LogP contribution in [0, 0.1) is 0 Å². The number of ether oxygens (including phenoxy) is 2. The minimum absolute atomic E-state index is 0.0548. The molecule has 148 valence electrons. The Kier molecular flexibility index (Phi) is 6.24. The topological polar surface area (TPSA) is 36.3 Å². The van der Waals surface area contributed by atoms with Gasteiger partial charge in [-0.15, -0.1) is 0 Å². The highest BCUT2D eigenvalue weighted by atomic mass is 28.3. The Morgan fingerprint density at radius 2 is 1.64 bits per heavy atom. The smallest absolute Gasteiger partial charge is 0.139 e. The molecule has 0 N–H and O–H groups in total. The van der Waals surface area contributed by atoms with E-state index in [2.05, 4.69) is 49.0 Å². The number of aromatic nitrogens is 2. The van der Waals surface area contributed by atoms with Gasteiger partial charge in [-0.2, -0.15) is 5.10 Å². The average Bonchev–Trinajstić information content (AvgIpc) is 3.15. The van der Waals surface area contributed by atoms with Gasteiger partial charge in [0.1, 0.15) is 12.5 Å². The summed E-state index contributed by atoms with van der Waals surface area (Å²) < 4.78 is 20.1. The van der Waals surface area contributed by atoms with Gasteiger partial charge in [0.15, 0.2) is 0 Å². The van der Waals surface area contributed by atoms with Gasteiger partial charge in [-0.25, -0.2) is 4.68 Å². The maximum absolute atomic E-state index is 7.10. The van der Waals surface area contributed by atoms with Gasteiger partial charge in [0.2, 0.25) is 0 Å².